The molecule has 126 valence electrons. The molecule has 2 N–H and O–H groups in total. The van der Waals surface area contributed by atoms with Crippen LogP contribution in [0.2, 0.25) is 0 Å². The Morgan fingerprint density at radius 2 is 1.84 bits per heavy atom. The van der Waals surface area contributed by atoms with Crippen molar-refractivity contribution >= 4 is 23.0 Å². The zero-order valence-electron chi connectivity index (χ0n) is 13.6. The van der Waals surface area contributed by atoms with Gasteiger partial charge in [0.05, 0.1) is 11.7 Å². The van der Waals surface area contributed by atoms with E-state index in [0.29, 0.717) is 17.4 Å². The molecular weight excluding hydrogens is 318 g/mol. The van der Waals surface area contributed by atoms with E-state index >= 15 is 0 Å². The van der Waals surface area contributed by atoms with E-state index in [2.05, 4.69) is 10.5 Å². The maximum absolute atomic E-state index is 12.6. The number of amides is 1. The summed E-state index contributed by atoms with van der Waals surface area (Å²) in [4.78, 5) is 25.0. The molecule has 0 bridgehead atoms. The number of carbonyl (C=O) groups is 1. The average molecular weight is 335 g/mol. The Hall–Kier alpha value is -3.41. The van der Waals surface area contributed by atoms with Gasteiger partial charge in [0, 0.05) is 11.9 Å². The number of nitrogens with one attached hydrogen (secondary N) is 1. The highest BCUT2D eigenvalue weighted by molar-refractivity contribution is 6.02. The second kappa shape index (κ2) is 7.00. The van der Waals surface area contributed by atoms with E-state index < -0.39 is 11.5 Å². The molecule has 0 saturated carbocycles. The van der Waals surface area contributed by atoms with Gasteiger partial charge in [-0.15, -0.1) is 0 Å². The Bertz CT molecular complexity index is 1010. The Morgan fingerprint density at radius 1 is 1.16 bits per heavy atom. The molecule has 0 spiro atoms. The standard InChI is InChI=1S/C19H17N3O3/c1-2-22-15-11-7-6-10-14(15)17(23)16(19(22)25)18(24)21-20-12-13-8-4-3-5-9-13/h3-12,23H,2H2,1H3,(H,21,24). The molecule has 0 radical (unpaired) electrons. The van der Waals surface area contributed by atoms with Crippen molar-refractivity contribution in [3.05, 3.63) is 76.1 Å². The highest BCUT2D eigenvalue weighted by Crippen LogP contribution is 2.26. The summed E-state index contributed by atoms with van der Waals surface area (Å²) in [6, 6.07) is 16.1. The third-order valence-corrected chi connectivity index (χ3v) is 3.87. The van der Waals surface area contributed by atoms with Crippen molar-refractivity contribution in [1.29, 1.82) is 0 Å². The normalized spacial score (nSPS) is 11.1. The first-order chi connectivity index (χ1) is 12.1. The van der Waals surface area contributed by atoms with E-state index in [1.165, 1.54) is 10.8 Å². The molecule has 0 fully saturated rings. The van der Waals surface area contributed by atoms with Crippen LogP contribution in [0.5, 0.6) is 5.75 Å². The maximum Gasteiger partial charge on any atom is 0.280 e. The third kappa shape index (κ3) is 3.14. The monoisotopic (exact) mass is 335 g/mol. The van der Waals surface area contributed by atoms with E-state index in [9.17, 15) is 14.7 Å². The zero-order chi connectivity index (χ0) is 17.8. The lowest BCUT2D eigenvalue weighted by atomic mass is 10.1. The molecule has 0 aliphatic heterocycles. The van der Waals surface area contributed by atoms with Crippen LogP contribution < -0.4 is 11.0 Å². The number of para-hydroxylation sites is 1. The van der Waals surface area contributed by atoms with Crippen LogP contribution in [0.4, 0.5) is 0 Å². The smallest absolute Gasteiger partial charge is 0.280 e. The average Bonchev–Trinajstić information content (AvgIpc) is 2.63. The maximum atomic E-state index is 12.6. The summed E-state index contributed by atoms with van der Waals surface area (Å²) in [5, 5.41) is 14.7. The molecule has 0 aliphatic rings. The third-order valence-electron chi connectivity index (χ3n) is 3.87. The van der Waals surface area contributed by atoms with Gasteiger partial charge in [-0.25, -0.2) is 5.43 Å². The van der Waals surface area contributed by atoms with Crippen LogP contribution >= 0.6 is 0 Å². The molecule has 3 rings (SSSR count). The van der Waals surface area contributed by atoms with Crippen molar-refractivity contribution < 1.29 is 9.90 Å². The molecule has 6 heteroatoms. The highest BCUT2D eigenvalue weighted by atomic mass is 16.3. The number of benzene rings is 2. The second-order valence-corrected chi connectivity index (χ2v) is 5.40. The zero-order valence-corrected chi connectivity index (χ0v) is 13.6. The Morgan fingerprint density at radius 3 is 2.56 bits per heavy atom. The number of rotatable bonds is 4. The van der Waals surface area contributed by atoms with Gasteiger partial charge in [0.2, 0.25) is 0 Å². The van der Waals surface area contributed by atoms with E-state index in [0.717, 1.165) is 5.56 Å². The van der Waals surface area contributed by atoms with Crippen LogP contribution in [0.3, 0.4) is 0 Å². The van der Waals surface area contributed by atoms with Gasteiger partial charge < -0.3 is 9.67 Å². The number of aromatic nitrogens is 1. The van der Waals surface area contributed by atoms with Crippen LogP contribution in [-0.4, -0.2) is 21.8 Å². The van der Waals surface area contributed by atoms with E-state index in [4.69, 9.17) is 0 Å². The van der Waals surface area contributed by atoms with Crippen molar-refractivity contribution in [2.45, 2.75) is 13.5 Å². The topological polar surface area (TPSA) is 83.7 Å². The number of hydrogen-bond donors (Lipinski definition) is 2. The number of aryl methyl sites for hydroxylation is 1. The molecule has 0 aliphatic carbocycles. The van der Waals surface area contributed by atoms with Crippen molar-refractivity contribution in [2.75, 3.05) is 0 Å². The number of hydrazone groups is 1. The molecule has 0 unspecified atom stereocenters. The van der Waals surface area contributed by atoms with Crippen LogP contribution in [0.1, 0.15) is 22.8 Å². The minimum atomic E-state index is -0.748. The summed E-state index contributed by atoms with van der Waals surface area (Å²) in [6.45, 7) is 2.19. The van der Waals surface area contributed by atoms with Crippen LogP contribution in [0.25, 0.3) is 10.9 Å². The van der Waals surface area contributed by atoms with Gasteiger partial charge in [-0.2, -0.15) is 5.10 Å². The van der Waals surface area contributed by atoms with Crippen LogP contribution in [0, 0.1) is 0 Å². The van der Waals surface area contributed by atoms with Crippen molar-refractivity contribution in [3.63, 3.8) is 0 Å². The largest absolute Gasteiger partial charge is 0.506 e. The van der Waals surface area contributed by atoms with Gasteiger partial charge in [0.25, 0.3) is 11.5 Å². The predicted octanol–water partition coefficient (Wildman–Crippen LogP) is 2.49. The van der Waals surface area contributed by atoms with Crippen molar-refractivity contribution in [2.24, 2.45) is 5.10 Å². The molecular formula is C19H17N3O3. The fourth-order valence-electron chi connectivity index (χ4n) is 2.67. The Kier molecular flexibility index (Phi) is 4.61. The van der Waals surface area contributed by atoms with E-state index in [1.807, 2.05) is 30.3 Å². The SMILES string of the molecule is CCn1c(=O)c(C(=O)NN=Cc2ccccc2)c(O)c2ccccc21. The van der Waals surface area contributed by atoms with E-state index in [1.54, 1.807) is 31.2 Å². The van der Waals surface area contributed by atoms with Gasteiger partial charge in [0.15, 0.2) is 0 Å². The number of fused-ring (bicyclic) bond motifs is 1. The molecule has 1 aromatic heterocycles. The molecule has 6 nitrogen and oxygen atoms in total. The fourth-order valence-corrected chi connectivity index (χ4v) is 2.67. The number of nitrogens with zero attached hydrogens (tertiary/aromatic N) is 2. The van der Waals surface area contributed by atoms with Crippen molar-refractivity contribution in [3.8, 4) is 5.75 Å². The molecule has 0 saturated heterocycles. The summed E-state index contributed by atoms with van der Waals surface area (Å²) in [5.41, 5.74) is 2.82. The molecule has 0 atom stereocenters. The van der Waals surface area contributed by atoms with Crippen LogP contribution in [0.15, 0.2) is 64.5 Å². The minimum absolute atomic E-state index is 0.314. The summed E-state index contributed by atoms with van der Waals surface area (Å²) in [7, 11) is 0. The first-order valence-corrected chi connectivity index (χ1v) is 7.86. The number of carbonyl (C=O) groups excluding carboxylic acids is 1. The van der Waals surface area contributed by atoms with Gasteiger partial charge in [-0.1, -0.05) is 42.5 Å². The van der Waals surface area contributed by atoms with E-state index in [-0.39, 0.29) is 11.3 Å². The highest BCUT2D eigenvalue weighted by Gasteiger charge is 2.21. The fraction of sp³-hybridized carbons (Fsp3) is 0.105. The summed E-state index contributed by atoms with van der Waals surface area (Å²) < 4.78 is 1.45. The van der Waals surface area contributed by atoms with Crippen LogP contribution in [-0.2, 0) is 6.54 Å². The first-order valence-electron chi connectivity index (χ1n) is 7.86. The number of hydrogen-bond acceptors (Lipinski definition) is 4. The molecule has 3 aromatic rings. The second-order valence-electron chi connectivity index (χ2n) is 5.40. The lowest BCUT2D eigenvalue weighted by molar-refractivity contribution is 0.0950. The number of aromatic hydroxyl groups is 1. The van der Waals surface area contributed by atoms with Gasteiger partial charge in [-0.05, 0) is 24.6 Å². The minimum Gasteiger partial charge on any atom is -0.506 e. The molecule has 1 heterocycles. The van der Waals surface area contributed by atoms with Gasteiger partial charge in [0.1, 0.15) is 11.3 Å². The Labute approximate surface area is 144 Å². The summed E-state index contributed by atoms with van der Waals surface area (Å²) in [5.74, 6) is -1.08. The Balaban J connectivity index is 1.99. The summed E-state index contributed by atoms with van der Waals surface area (Å²) in [6.07, 6.45) is 1.47. The quantitative estimate of drug-likeness (QED) is 0.567. The lowest BCUT2D eigenvalue weighted by Crippen LogP contribution is -2.31. The van der Waals surface area contributed by atoms with Gasteiger partial charge >= 0.3 is 0 Å². The summed E-state index contributed by atoms with van der Waals surface area (Å²) >= 11 is 0. The first kappa shape index (κ1) is 16.4. The number of pyridine rings is 1. The molecule has 2 aromatic carbocycles. The lowest BCUT2D eigenvalue weighted by Gasteiger charge is -2.12. The molecule has 25 heavy (non-hydrogen) atoms. The predicted molar refractivity (Wildman–Crippen MR) is 97.0 cm³/mol. The van der Waals surface area contributed by atoms with Gasteiger partial charge in [-0.3, -0.25) is 9.59 Å². The molecule has 1 amide bonds. The van der Waals surface area contributed by atoms with Crippen molar-refractivity contribution in [1.82, 2.24) is 9.99 Å².